The smallest absolute Gasteiger partial charge is 0.406 e. The summed E-state index contributed by atoms with van der Waals surface area (Å²) in [5.41, 5.74) is 11.6. The highest BCUT2D eigenvalue weighted by Crippen LogP contribution is 2.41. The van der Waals surface area contributed by atoms with Crippen molar-refractivity contribution >= 4 is 22.5 Å². The molecule has 3 aromatic carbocycles. The first-order valence-electron chi connectivity index (χ1n) is 15.1. The number of hydrogen-bond donors (Lipinski definition) is 1. The third kappa shape index (κ3) is 7.04. The molecule has 0 saturated carbocycles. The van der Waals surface area contributed by atoms with E-state index in [-0.39, 0.29) is 5.75 Å². The van der Waals surface area contributed by atoms with Crippen molar-refractivity contribution in [2.24, 2.45) is 11.1 Å². The van der Waals surface area contributed by atoms with E-state index >= 15 is 0 Å². The lowest BCUT2D eigenvalue weighted by molar-refractivity contribution is -0.274. The Hall–Kier alpha value is -3.04. The van der Waals surface area contributed by atoms with Gasteiger partial charge in [-0.2, -0.15) is 0 Å². The highest BCUT2D eigenvalue weighted by molar-refractivity contribution is 6.31. The van der Waals surface area contributed by atoms with Crippen LogP contribution in [0, 0.1) is 5.41 Å². The minimum Gasteiger partial charge on any atom is -0.406 e. The normalized spacial score (nSPS) is 17.7. The highest BCUT2D eigenvalue weighted by atomic mass is 35.5. The Balaban J connectivity index is 1.14. The van der Waals surface area contributed by atoms with Crippen molar-refractivity contribution in [1.29, 1.82) is 0 Å². The van der Waals surface area contributed by atoms with Gasteiger partial charge in [-0.15, -0.1) is 13.2 Å². The predicted molar refractivity (Wildman–Crippen MR) is 166 cm³/mol. The van der Waals surface area contributed by atoms with Crippen LogP contribution in [0.25, 0.3) is 22.0 Å². The van der Waals surface area contributed by atoms with Gasteiger partial charge in [0, 0.05) is 53.9 Å². The summed E-state index contributed by atoms with van der Waals surface area (Å²) in [4.78, 5) is 5.11. The minimum atomic E-state index is -4.71. The molecule has 2 saturated heterocycles. The Morgan fingerprint density at radius 2 is 1.60 bits per heavy atom. The van der Waals surface area contributed by atoms with Crippen LogP contribution in [0.4, 0.5) is 13.2 Å². The van der Waals surface area contributed by atoms with Gasteiger partial charge >= 0.3 is 6.36 Å². The summed E-state index contributed by atoms with van der Waals surface area (Å²) in [6, 6.07) is 20.9. The van der Waals surface area contributed by atoms with Crippen LogP contribution in [0.2, 0.25) is 5.02 Å². The SMILES string of the molecule is NCCCn1cc(-c2ccc(OC(F)(F)F)cc2)c2cc(CN3CCC4(CC3)CCN(Cc3ccccc3Cl)C4)ccc21. The number of fused-ring (bicyclic) bond motifs is 1. The zero-order valence-corrected chi connectivity index (χ0v) is 25.0. The summed E-state index contributed by atoms with van der Waals surface area (Å²) >= 11 is 6.43. The van der Waals surface area contributed by atoms with Crippen molar-refractivity contribution in [3.05, 3.63) is 89.1 Å². The van der Waals surface area contributed by atoms with Crippen LogP contribution in [-0.4, -0.2) is 53.5 Å². The monoisotopic (exact) mass is 610 g/mol. The van der Waals surface area contributed by atoms with Gasteiger partial charge in [-0.25, -0.2) is 0 Å². The standard InChI is InChI=1S/C34H38ClF3N4O/c35-31-5-2-1-4-27(31)22-41-19-14-33(24-41)12-17-40(18-13-33)21-25-6-11-32-29(20-25)30(23-42(32)16-3-15-39)26-7-9-28(10-8-26)43-34(36,37)38/h1-2,4-11,20,23H,3,12-19,21-22,24,39H2. The first-order chi connectivity index (χ1) is 20.7. The number of ether oxygens (including phenoxy) is 1. The first kappa shape index (κ1) is 30.0. The molecule has 1 spiro atoms. The molecule has 0 unspecified atom stereocenters. The van der Waals surface area contributed by atoms with Gasteiger partial charge < -0.3 is 15.0 Å². The third-order valence-electron chi connectivity index (χ3n) is 9.14. The fourth-order valence-electron chi connectivity index (χ4n) is 6.84. The second-order valence-corrected chi connectivity index (χ2v) is 12.5. The predicted octanol–water partition coefficient (Wildman–Crippen LogP) is 7.70. The number of nitrogens with two attached hydrogens (primary N) is 1. The van der Waals surface area contributed by atoms with Crippen LogP contribution in [0.3, 0.4) is 0 Å². The van der Waals surface area contributed by atoms with Crippen LogP contribution < -0.4 is 10.5 Å². The molecule has 9 heteroatoms. The van der Waals surface area contributed by atoms with Crippen molar-refractivity contribution in [1.82, 2.24) is 14.4 Å². The molecule has 5 nitrogen and oxygen atoms in total. The molecule has 0 atom stereocenters. The molecule has 4 aromatic rings. The van der Waals surface area contributed by atoms with E-state index in [1.807, 2.05) is 12.1 Å². The summed E-state index contributed by atoms with van der Waals surface area (Å²) in [7, 11) is 0. The third-order valence-corrected chi connectivity index (χ3v) is 9.51. The fraction of sp³-hybridized carbons (Fsp3) is 0.412. The molecule has 0 radical (unpaired) electrons. The van der Waals surface area contributed by atoms with Gasteiger partial charge in [-0.1, -0.05) is 48.0 Å². The molecule has 2 aliphatic rings. The van der Waals surface area contributed by atoms with E-state index in [4.69, 9.17) is 17.3 Å². The summed E-state index contributed by atoms with van der Waals surface area (Å²) in [5, 5.41) is 1.94. The van der Waals surface area contributed by atoms with E-state index in [1.165, 1.54) is 42.5 Å². The number of aryl methyl sites for hydroxylation is 1. The number of hydrogen-bond acceptors (Lipinski definition) is 4. The van der Waals surface area contributed by atoms with Crippen molar-refractivity contribution < 1.29 is 17.9 Å². The van der Waals surface area contributed by atoms with Crippen LogP contribution in [0.5, 0.6) is 5.75 Å². The summed E-state index contributed by atoms with van der Waals surface area (Å²) < 4.78 is 44.3. The fourth-order valence-corrected chi connectivity index (χ4v) is 7.03. The number of piperidine rings is 1. The van der Waals surface area contributed by atoms with Crippen molar-refractivity contribution in [3.8, 4) is 16.9 Å². The Morgan fingerprint density at radius 3 is 2.30 bits per heavy atom. The number of halogens is 4. The van der Waals surface area contributed by atoms with Crippen molar-refractivity contribution in [2.45, 2.75) is 51.7 Å². The van der Waals surface area contributed by atoms with Gasteiger partial charge in [0.15, 0.2) is 0 Å². The lowest BCUT2D eigenvalue weighted by Gasteiger charge is -2.39. The second kappa shape index (κ2) is 12.5. The molecule has 43 heavy (non-hydrogen) atoms. The number of likely N-dealkylation sites (tertiary alicyclic amines) is 2. The topological polar surface area (TPSA) is 46.7 Å². The molecule has 0 aliphatic carbocycles. The molecule has 0 bridgehead atoms. The molecular formula is C34H38ClF3N4O. The van der Waals surface area contributed by atoms with Gasteiger partial charge in [0.25, 0.3) is 0 Å². The molecule has 0 amide bonds. The van der Waals surface area contributed by atoms with Crippen molar-refractivity contribution in [3.63, 3.8) is 0 Å². The van der Waals surface area contributed by atoms with Gasteiger partial charge in [0.2, 0.25) is 0 Å². The van der Waals surface area contributed by atoms with Crippen LogP contribution >= 0.6 is 11.6 Å². The van der Waals surface area contributed by atoms with E-state index in [2.05, 4.69) is 55.6 Å². The number of aromatic nitrogens is 1. The largest absolute Gasteiger partial charge is 0.573 e. The summed E-state index contributed by atoms with van der Waals surface area (Å²) in [5.74, 6) is -0.221. The maximum Gasteiger partial charge on any atom is 0.573 e. The Kier molecular flexibility index (Phi) is 8.74. The Morgan fingerprint density at radius 1 is 0.884 bits per heavy atom. The van der Waals surface area contributed by atoms with Gasteiger partial charge in [-0.3, -0.25) is 9.80 Å². The Labute approximate surface area is 256 Å². The number of alkyl halides is 3. The van der Waals surface area contributed by atoms with Crippen LogP contribution in [0.1, 0.15) is 36.8 Å². The first-order valence-corrected chi connectivity index (χ1v) is 15.4. The quantitative estimate of drug-likeness (QED) is 0.211. The summed E-state index contributed by atoms with van der Waals surface area (Å²) in [6.45, 7) is 7.55. The Bertz CT molecular complexity index is 1540. The molecule has 2 N–H and O–H groups in total. The molecule has 228 valence electrons. The number of rotatable bonds is 9. The highest BCUT2D eigenvalue weighted by Gasteiger charge is 2.40. The second-order valence-electron chi connectivity index (χ2n) is 12.1. The van der Waals surface area contributed by atoms with Gasteiger partial charge in [0.1, 0.15) is 5.75 Å². The maximum absolute atomic E-state index is 12.7. The zero-order valence-electron chi connectivity index (χ0n) is 24.3. The number of benzene rings is 3. The molecular weight excluding hydrogens is 573 g/mol. The molecule has 6 rings (SSSR count). The van der Waals surface area contributed by atoms with Crippen LogP contribution in [0.15, 0.2) is 72.9 Å². The van der Waals surface area contributed by atoms with Crippen LogP contribution in [-0.2, 0) is 19.6 Å². The van der Waals surface area contributed by atoms with Crippen molar-refractivity contribution in [2.75, 3.05) is 32.7 Å². The molecule has 1 aromatic heterocycles. The molecule has 2 aliphatic heterocycles. The van der Waals surface area contributed by atoms with E-state index in [0.29, 0.717) is 12.0 Å². The van der Waals surface area contributed by atoms with Gasteiger partial charge in [-0.05, 0) is 104 Å². The van der Waals surface area contributed by atoms with E-state index in [1.54, 1.807) is 12.1 Å². The molecule has 2 fully saturated rings. The lowest BCUT2D eigenvalue weighted by Crippen LogP contribution is -2.41. The van der Waals surface area contributed by atoms with E-state index < -0.39 is 6.36 Å². The molecule has 3 heterocycles. The number of nitrogens with zero attached hydrogens (tertiary/aromatic N) is 3. The van der Waals surface area contributed by atoms with E-state index in [9.17, 15) is 13.2 Å². The average Bonchev–Trinajstić information content (AvgIpc) is 3.55. The zero-order chi connectivity index (χ0) is 30.0. The summed E-state index contributed by atoms with van der Waals surface area (Å²) in [6.07, 6.45) is 1.85. The van der Waals surface area contributed by atoms with E-state index in [0.717, 1.165) is 79.3 Å². The maximum atomic E-state index is 12.7. The lowest BCUT2D eigenvalue weighted by atomic mass is 9.77. The van der Waals surface area contributed by atoms with Gasteiger partial charge in [0.05, 0.1) is 0 Å². The average molecular weight is 611 g/mol. The minimum absolute atomic E-state index is 0.221.